The molecule has 0 aliphatic carbocycles. The molecule has 0 fully saturated rings. The number of rotatable bonds is 4. The normalized spacial score (nSPS) is 11.4. The van der Waals surface area contributed by atoms with Crippen molar-refractivity contribution in [2.45, 2.75) is 32.7 Å². The summed E-state index contributed by atoms with van der Waals surface area (Å²) in [4.78, 5) is 8.55. The molecule has 0 aliphatic rings. The Morgan fingerprint density at radius 1 is 1.20 bits per heavy atom. The van der Waals surface area contributed by atoms with Gasteiger partial charge in [-0.25, -0.2) is 4.98 Å². The van der Waals surface area contributed by atoms with Gasteiger partial charge in [-0.3, -0.25) is 4.98 Å². The van der Waals surface area contributed by atoms with Gasteiger partial charge in [-0.1, -0.05) is 32.9 Å². The smallest absolute Gasteiger partial charge is 0.238 e. The average molecular weight is 271 g/mol. The summed E-state index contributed by atoms with van der Waals surface area (Å²) >= 11 is 0. The molecule has 0 aliphatic heterocycles. The Kier molecular flexibility index (Phi) is 4.35. The molecule has 4 heteroatoms. The van der Waals surface area contributed by atoms with Crippen LogP contribution in [0.2, 0.25) is 0 Å². The van der Waals surface area contributed by atoms with Crippen molar-refractivity contribution in [2.24, 2.45) is 0 Å². The van der Waals surface area contributed by atoms with Gasteiger partial charge in [-0.2, -0.15) is 0 Å². The first kappa shape index (κ1) is 14.5. The number of hydrogen-bond acceptors (Lipinski definition) is 4. The Labute approximate surface area is 120 Å². The number of nitrogens with zero attached hydrogens (tertiary/aromatic N) is 2. The van der Waals surface area contributed by atoms with E-state index < -0.39 is 0 Å². The topological polar surface area (TPSA) is 47.0 Å². The quantitative estimate of drug-likeness (QED) is 0.927. The van der Waals surface area contributed by atoms with Crippen molar-refractivity contribution >= 4 is 0 Å². The predicted molar refractivity (Wildman–Crippen MR) is 80.0 cm³/mol. The van der Waals surface area contributed by atoms with E-state index in [0.717, 1.165) is 11.4 Å². The molecule has 0 radical (unpaired) electrons. The maximum absolute atomic E-state index is 5.80. The third-order valence-electron chi connectivity index (χ3n) is 2.94. The number of ether oxygens (including phenoxy) is 1. The molecule has 0 bridgehead atoms. The molecule has 106 valence electrons. The molecule has 0 spiro atoms. The Morgan fingerprint density at radius 2 is 2.00 bits per heavy atom. The predicted octanol–water partition coefficient (Wildman–Crippen LogP) is 3.29. The minimum Gasteiger partial charge on any atom is -0.437 e. The third-order valence-corrected chi connectivity index (χ3v) is 2.94. The number of benzene rings is 1. The Balaban J connectivity index is 2.19. The molecule has 1 N–H and O–H groups in total. The molecule has 1 aromatic carbocycles. The first-order chi connectivity index (χ1) is 9.49. The van der Waals surface area contributed by atoms with Gasteiger partial charge in [0.1, 0.15) is 5.75 Å². The fraction of sp³-hybridized carbons (Fsp3) is 0.375. The fourth-order valence-corrected chi connectivity index (χ4v) is 1.85. The van der Waals surface area contributed by atoms with Gasteiger partial charge in [0.2, 0.25) is 5.88 Å². The van der Waals surface area contributed by atoms with Crippen molar-refractivity contribution in [2.75, 3.05) is 7.05 Å². The molecule has 0 unspecified atom stereocenters. The van der Waals surface area contributed by atoms with Crippen LogP contribution in [-0.2, 0) is 12.0 Å². The number of nitrogens with one attached hydrogen (secondary N) is 1. The van der Waals surface area contributed by atoms with E-state index >= 15 is 0 Å². The summed E-state index contributed by atoms with van der Waals surface area (Å²) in [6, 6.07) is 8.09. The van der Waals surface area contributed by atoms with Crippen molar-refractivity contribution in [3.8, 4) is 11.6 Å². The van der Waals surface area contributed by atoms with Gasteiger partial charge in [0.15, 0.2) is 0 Å². The largest absolute Gasteiger partial charge is 0.437 e. The van der Waals surface area contributed by atoms with E-state index in [1.807, 2.05) is 25.2 Å². The van der Waals surface area contributed by atoms with E-state index in [1.54, 1.807) is 12.4 Å². The summed E-state index contributed by atoms with van der Waals surface area (Å²) in [5.74, 6) is 1.30. The van der Waals surface area contributed by atoms with Gasteiger partial charge >= 0.3 is 0 Å². The van der Waals surface area contributed by atoms with Gasteiger partial charge in [0.05, 0.1) is 11.9 Å². The SMILES string of the molecule is CNCc1cncc(Oc2cccc(C(C)(C)C)c2)n1. The van der Waals surface area contributed by atoms with Gasteiger partial charge < -0.3 is 10.1 Å². The van der Waals surface area contributed by atoms with E-state index in [0.29, 0.717) is 12.4 Å². The maximum Gasteiger partial charge on any atom is 0.238 e. The summed E-state index contributed by atoms with van der Waals surface area (Å²) in [7, 11) is 1.88. The van der Waals surface area contributed by atoms with Crippen molar-refractivity contribution in [1.29, 1.82) is 0 Å². The van der Waals surface area contributed by atoms with Crippen LogP contribution in [0.1, 0.15) is 32.0 Å². The van der Waals surface area contributed by atoms with Crippen LogP contribution in [0.15, 0.2) is 36.7 Å². The number of aromatic nitrogens is 2. The van der Waals surface area contributed by atoms with Crippen molar-refractivity contribution < 1.29 is 4.74 Å². The van der Waals surface area contributed by atoms with Crippen molar-refractivity contribution in [1.82, 2.24) is 15.3 Å². The first-order valence-electron chi connectivity index (χ1n) is 6.73. The van der Waals surface area contributed by atoms with Crippen LogP contribution in [-0.4, -0.2) is 17.0 Å². The molecule has 0 saturated carbocycles. The Morgan fingerprint density at radius 3 is 2.70 bits per heavy atom. The highest BCUT2D eigenvalue weighted by Crippen LogP contribution is 2.27. The molecule has 1 heterocycles. The summed E-state index contributed by atoms with van der Waals surface area (Å²) < 4.78 is 5.80. The van der Waals surface area contributed by atoms with Crippen molar-refractivity contribution in [3.05, 3.63) is 47.9 Å². The van der Waals surface area contributed by atoms with Crippen molar-refractivity contribution in [3.63, 3.8) is 0 Å². The molecular formula is C16H21N3O. The molecule has 4 nitrogen and oxygen atoms in total. The van der Waals surface area contributed by atoms with Crippen LogP contribution < -0.4 is 10.1 Å². The monoisotopic (exact) mass is 271 g/mol. The fourth-order valence-electron chi connectivity index (χ4n) is 1.85. The zero-order valence-corrected chi connectivity index (χ0v) is 12.5. The second-order valence-electron chi connectivity index (χ2n) is 5.76. The molecule has 2 rings (SSSR count). The maximum atomic E-state index is 5.80. The zero-order chi connectivity index (χ0) is 14.6. The van der Waals surface area contributed by atoms with E-state index in [9.17, 15) is 0 Å². The van der Waals surface area contributed by atoms with Crippen LogP contribution in [0.25, 0.3) is 0 Å². The summed E-state index contributed by atoms with van der Waals surface area (Å²) in [5.41, 5.74) is 2.19. The number of hydrogen-bond donors (Lipinski definition) is 1. The van der Waals surface area contributed by atoms with Crippen LogP contribution in [0.3, 0.4) is 0 Å². The van der Waals surface area contributed by atoms with Crippen LogP contribution in [0, 0.1) is 0 Å². The lowest BCUT2D eigenvalue weighted by molar-refractivity contribution is 0.454. The van der Waals surface area contributed by atoms with Crippen LogP contribution in [0.4, 0.5) is 0 Å². The van der Waals surface area contributed by atoms with E-state index in [4.69, 9.17) is 4.74 Å². The van der Waals surface area contributed by atoms with E-state index in [2.05, 4.69) is 42.1 Å². The third kappa shape index (κ3) is 3.78. The van der Waals surface area contributed by atoms with Gasteiger partial charge in [0, 0.05) is 12.7 Å². The second kappa shape index (κ2) is 6.01. The molecule has 1 aromatic heterocycles. The molecule has 20 heavy (non-hydrogen) atoms. The molecule has 0 saturated heterocycles. The lowest BCUT2D eigenvalue weighted by Crippen LogP contribution is -2.10. The molecule has 2 aromatic rings. The minimum atomic E-state index is 0.0963. The van der Waals surface area contributed by atoms with Gasteiger partial charge in [-0.05, 0) is 30.2 Å². The van der Waals surface area contributed by atoms with E-state index in [1.165, 1.54) is 5.56 Å². The molecular weight excluding hydrogens is 250 g/mol. The van der Waals surface area contributed by atoms with Gasteiger partial charge in [0.25, 0.3) is 0 Å². The molecule has 0 atom stereocenters. The lowest BCUT2D eigenvalue weighted by atomic mass is 9.87. The highest BCUT2D eigenvalue weighted by Gasteiger charge is 2.14. The summed E-state index contributed by atoms with van der Waals surface area (Å²) in [6.07, 6.45) is 3.36. The second-order valence-corrected chi connectivity index (χ2v) is 5.76. The standard InChI is InChI=1S/C16H21N3O/c1-16(2,3)12-6-5-7-14(8-12)20-15-11-18-10-13(19-15)9-17-4/h5-8,10-11,17H,9H2,1-4H3. The Hall–Kier alpha value is -1.94. The Bertz CT molecular complexity index is 576. The van der Waals surface area contributed by atoms with Crippen LogP contribution in [0.5, 0.6) is 11.6 Å². The van der Waals surface area contributed by atoms with E-state index in [-0.39, 0.29) is 5.41 Å². The van der Waals surface area contributed by atoms with Gasteiger partial charge in [-0.15, -0.1) is 0 Å². The zero-order valence-electron chi connectivity index (χ0n) is 12.5. The lowest BCUT2D eigenvalue weighted by Gasteiger charge is -2.19. The average Bonchev–Trinajstić information content (AvgIpc) is 2.39. The summed E-state index contributed by atoms with van der Waals surface area (Å²) in [6.45, 7) is 7.21. The summed E-state index contributed by atoms with van der Waals surface area (Å²) in [5, 5.41) is 3.05. The first-order valence-corrected chi connectivity index (χ1v) is 6.73. The highest BCUT2D eigenvalue weighted by atomic mass is 16.5. The highest BCUT2D eigenvalue weighted by molar-refractivity contribution is 5.34. The molecule has 0 amide bonds. The van der Waals surface area contributed by atoms with Crippen LogP contribution >= 0.6 is 0 Å². The minimum absolute atomic E-state index is 0.0963.